The van der Waals surface area contributed by atoms with E-state index in [0.29, 0.717) is 12.8 Å². The second-order valence-electron chi connectivity index (χ2n) is 4.77. The lowest BCUT2D eigenvalue weighted by molar-refractivity contribution is 0.239. The summed E-state index contributed by atoms with van der Waals surface area (Å²) < 4.78 is 33.0. The van der Waals surface area contributed by atoms with E-state index in [1.165, 1.54) is 14.2 Å². The highest BCUT2D eigenvalue weighted by Crippen LogP contribution is 2.48. The smallest absolute Gasteiger partial charge is 0.344 e. The number of hydrogen-bond donors (Lipinski definition) is 1. The third-order valence-corrected chi connectivity index (χ3v) is 6.61. The standard InChI is InChI=1S/C14H25NO6P2/c1-18-22(19-2)11-15(12-23(17,20-3)21-4)10-9-13-5-7-14(16)8-6-13/h5-8,16H,9-12H2,1-4H3. The zero-order chi connectivity index (χ0) is 17.3. The van der Waals surface area contributed by atoms with Crippen molar-refractivity contribution in [1.29, 1.82) is 0 Å². The lowest BCUT2D eigenvalue weighted by atomic mass is 10.1. The van der Waals surface area contributed by atoms with Gasteiger partial charge in [0.2, 0.25) is 0 Å². The predicted octanol–water partition coefficient (Wildman–Crippen LogP) is 3.24. The van der Waals surface area contributed by atoms with Crippen LogP contribution in [0.5, 0.6) is 5.75 Å². The van der Waals surface area contributed by atoms with Crippen LogP contribution >= 0.6 is 16.0 Å². The van der Waals surface area contributed by atoms with Gasteiger partial charge in [-0.2, -0.15) is 0 Å². The Hall–Kier alpha value is -0.520. The molecule has 0 atom stereocenters. The second kappa shape index (κ2) is 10.4. The van der Waals surface area contributed by atoms with Crippen molar-refractivity contribution in [3.05, 3.63) is 29.8 Å². The van der Waals surface area contributed by atoms with Crippen LogP contribution in [0.2, 0.25) is 0 Å². The summed E-state index contributed by atoms with van der Waals surface area (Å²) in [6.07, 6.45) is 1.38. The van der Waals surface area contributed by atoms with Gasteiger partial charge in [0.05, 0.1) is 6.29 Å². The molecule has 0 bridgehead atoms. The van der Waals surface area contributed by atoms with Crippen LogP contribution < -0.4 is 0 Å². The van der Waals surface area contributed by atoms with Gasteiger partial charge in [0.15, 0.2) is 8.38 Å². The Morgan fingerprint density at radius 2 is 1.65 bits per heavy atom. The molecule has 0 saturated heterocycles. The minimum absolute atomic E-state index is 0.156. The van der Waals surface area contributed by atoms with Crippen LogP contribution in [0.15, 0.2) is 24.3 Å². The maximum Gasteiger partial charge on any atom is 0.344 e. The van der Waals surface area contributed by atoms with Crippen LogP contribution in [0.4, 0.5) is 0 Å². The summed E-state index contributed by atoms with van der Waals surface area (Å²) in [7, 11) is 1.66. The Bertz CT molecular complexity index is 487. The van der Waals surface area contributed by atoms with Gasteiger partial charge in [0.1, 0.15) is 12.0 Å². The molecular weight excluding hydrogens is 340 g/mol. The van der Waals surface area contributed by atoms with E-state index in [9.17, 15) is 9.67 Å². The second-order valence-corrected chi connectivity index (χ2v) is 8.68. The fourth-order valence-electron chi connectivity index (χ4n) is 1.92. The Morgan fingerprint density at radius 3 is 2.13 bits per heavy atom. The molecule has 0 saturated carbocycles. The quantitative estimate of drug-likeness (QED) is 0.603. The molecule has 0 aliphatic carbocycles. The number of nitrogens with zero attached hydrogens (tertiary/aromatic N) is 1. The number of phenols is 1. The van der Waals surface area contributed by atoms with Gasteiger partial charge in [-0.1, -0.05) is 12.1 Å². The number of hydrogen-bond acceptors (Lipinski definition) is 7. The van der Waals surface area contributed by atoms with Crippen LogP contribution in [0.1, 0.15) is 5.56 Å². The Labute approximate surface area is 138 Å². The van der Waals surface area contributed by atoms with E-state index in [2.05, 4.69) is 0 Å². The lowest BCUT2D eigenvalue weighted by Crippen LogP contribution is -2.28. The van der Waals surface area contributed by atoms with Crippen LogP contribution in [0.25, 0.3) is 0 Å². The van der Waals surface area contributed by atoms with E-state index in [0.717, 1.165) is 12.0 Å². The SMILES string of the molecule is COP(CN(CCc1ccc(O)cc1)CP(=O)(OC)OC)OC. The summed E-state index contributed by atoms with van der Waals surface area (Å²) in [4.78, 5) is 1.94. The molecule has 0 fully saturated rings. The van der Waals surface area contributed by atoms with Gasteiger partial charge < -0.3 is 23.2 Å². The molecule has 23 heavy (non-hydrogen) atoms. The summed E-state index contributed by atoms with van der Waals surface area (Å²) in [6, 6.07) is 7.00. The predicted molar refractivity (Wildman–Crippen MR) is 90.8 cm³/mol. The van der Waals surface area contributed by atoms with Gasteiger partial charge in [0.25, 0.3) is 0 Å². The maximum atomic E-state index is 12.4. The van der Waals surface area contributed by atoms with E-state index >= 15 is 0 Å². The molecular formula is C14H25NO6P2. The summed E-state index contributed by atoms with van der Waals surface area (Å²) in [5.74, 6) is 0.233. The Kier molecular flexibility index (Phi) is 9.25. The van der Waals surface area contributed by atoms with E-state index in [1.54, 1.807) is 26.4 Å². The topological polar surface area (TPSA) is 77.5 Å². The zero-order valence-electron chi connectivity index (χ0n) is 14.0. The molecule has 0 aliphatic heterocycles. The van der Waals surface area contributed by atoms with Crippen molar-refractivity contribution in [2.24, 2.45) is 0 Å². The summed E-state index contributed by atoms with van der Waals surface area (Å²) in [5.41, 5.74) is 1.07. The first kappa shape index (κ1) is 20.5. The third-order valence-electron chi connectivity index (χ3n) is 3.31. The van der Waals surface area contributed by atoms with E-state index in [1.807, 2.05) is 17.0 Å². The minimum Gasteiger partial charge on any atom is -0.508 e. The fraction of sp³-hybridized carbons (Fsp3) is 0.571. The summed E-state index contributed by atoms with van der Waals surface area (Å²) in [6.45, 7) is 0.632. The first-order valence-corrected chi connectivity index (χ1v) is 10.1. The van der Waals surface area contributed by atoms with Crippen molar-refractivity contribution in [1.82, 2.24) is 4.90 Å². The molecule has 0 radical (unpaired) electrons. The highest BCUT2D eigenvalue weighted by atomic mass is 31.2. The largest absolute Gasteiger partial charge is 0.508 e. The van der Waals surface area contributed by atoms with Crippen LogP contribution in [0.3, 0.4) is 0 Å². The normalized spacial score (nSPS) is 12.3. The van der Waals surface area contributed by atoms with E-state index in [-0.39, 0.29) is 12.0 Å². The Morgan fingerprint density at radius 1 is 1.09 bits per heavy atom. The van der Waals surface area contributed by atoms with E-state index in [4.69, 9.17) is 18.1 Å². The van der Waals surface area contributed by atoms with Gasteiger partial charge in [-0.05, 0) is 24.1 Å². The molecule has 0 aromatic heterocycles. The lowest BCUT2D eigenvalue weighted by Gasteiger charge is -2.27. The van der Waals surface area contributed by atoms with Gasteiger partial charge in [-0.15, -0.1) is 0 Å². The molecule has 0 aliphatic rings. The minimum atomic E-state index is -3.16. The average molecular weight is 365 g/mol. The van der Waals surface area contributed by atoms with Gasteiger partial charge in [-0.25, -0.2) is 0 Å². The molecule has 132 valence electrons. The van der Waals surface area contributed by atoms with Gasteiger partial charge >= 0.3 is 7.60 Å². The highest BCUT2D eigenvalue weighted by molar-refractivity contribution is 7.53. The highest BCUT2D eigenvalue weighted by Gasteiger charge is 2.27. The maximum absolute atomic E-state index is 12.4. The first-order valence-electron chi connectivity index (χ1n) is 7.03. The Balaban J connectivity index is 2.73. The number of aromatic hydroxyl groups is 1. The van der Waals surface area contributed by atoms with E-state index < -0.39 is 16.0 Å². The molecule has 7 nitrogen and oxygen atoms in total. The zero-order valence-corrected chi connectivity index (χ0v) is 15.8. The summed E-state index contributed by atoms with van der Waals surface area (Å²) in [5, 5.41) is 9.32. The van der Waals surface area contributed by atoms with Crippen molar-refractivity contribution in [3.63, 3.8) is 0 Å². The van der Waals surface area contributed by atoms with Crippen molar-refractivity contribution in [2.75, 3.05) is 47.6 Å². The number of phenolic OH excluding ortho intramolecular Hbond substituents is 1. The molecule has 9 heteroatoms. The van der Waals surface area contributed by atoms with Crippen LogP contribution in [-0.4, -0.2) is 57.6 Å². The molecule has 1 aromatic rings. The van der Waals surface area contributed by atoms with Crippen molar-refractivity contribution in [2.45, 2.75) is 6.42 Å². The fourth-order valence-corrected chi connectivity index (χ4v) is 4.14. The molecule has 1 rings (SSSR count). The van der Waals surface area contributed by atoms with Crippen LogP contribution in [-0.2, 0) is 29.1 Å². The molecule has 0 amide bonds. The average Bonchev–Trinajstić information content (AvgIpc) is 2.58. The van der Waals surface area contributed by atoms with Crippen LogP contribution in [0, 0.1) is 0 Å². The monoisotopic (exact) mass is 365 g/mol. The van der Waals surface area contributed by atoms with Crippen molar-refractivity contribution < 1.29 is 27.8 Å². The van der Waals surface area contributed by atoms with Gasteiger partial charge in [-0.3, -0.25) is 9.46 Å². The van der Waals surface area contributed by atoms with Crippen molar-refractivity contribution in [3.8, 4) is 5.75 Å². The number of benzene rings is 1. The third kappa shape index (κ3) is 7.27. The molecule has 1 aromatic carbocycles. The summed E-state index contributed by atoms with van der Waals surface area (Å²) >= 11 is 0. The molecule has 0 unspecified atom stereocenters. The van der Waals surface area contributed by atoms with Gasteiger partial charge in [0, 0.05) is 35.0 Å². The molecule has 0 spiro atoms. The first-order chi connectivity index (χ1) is 11.0. The number of rotatable bonds is 11. The van der Waals surface area contributed by atoms with Crippen molar-refractivity contribution >= 4 is 16.0 Å². The molecule has 1 N–H and O–H groups in total. The molecule has 0 heterocycles.